The Morgan fingerprint density at radius 3 is 1.51 bits per heavy atom. The summed E-state index contributed by atoms with van der Waals surface area (Å²) in [6.07, 6.45) is -3.83. The Balaban J connectivity index is 1.14. The molecule has 1 fully saturated rings. The lowest BCUT2D eigenvalue weighted by Crippen LogP contribution is -2.62. The van der Waals surface area contributed by atoms with Crippen LogP contribution in [0.3, 0.4) is 0 Å². The lowest BCUT2D eigenvalue weighted by Gasteiger charge is -2.45. The van der Waals surface area contributed by atoms with Crippen LogP contribution in [0.2, 0.25) is 0 Å². The average molecular weight is 821 g/mol. The molecule has 2 heterocycles. The molecule has 10 nitrogen and oxygen atoms in total. The van der Waals surface area contributed by atoms with Crippen molar-refractivity contribution in [3.8, 4) is 17.2 Å². The van der Waals surface area contributed by atoms with Gasteiger partial charge in [-0.05, 0) is 39.9 Å². The second-order valence-corrected chi connectivity index (χ2v) is 14.6. The zero-order chi connectivity index (χ0) is 41.6. The van der Waals surface area contributed by atoms with Crippen LogP contribution in [0.15, 0.2) is 179 Å². The highest BCUT2D eigenvalue weighted by atomic mass is 16.7. The van der Waals surface area contributed by atoms with Crippen molar-refractivity contribution in [1.82, 2.24) is 0 Å². The van der Waals surface area contributed by atoms with Gasteiger partial charge in [-0.3, -0.25) is 0 Å². The maximum atomic E-state index is 13.2. The van der Waals surface area contributed by atoms with Crippen molar-refractivity contribution in [2.75, 3.05) is 13.7 Å². The lowest BCUT2D eigenvalue weighted by molar-refractivity contribution is -0.310. The quantitative estimate of drug-likeness (QED) is 0.0734. The zero-order valence-electron chi connectivity index (χ0n) is 33.9. The van der Waals surface area contributed by atoms with Crippen molar-refractivity contribution in [3.63, 3.8) is 0 Å². The lowest BCUT2D eigenvalue weighted by atomic mass is 9.97. The Labute approximate surface area is 355 Å². The highest BCUT2D eigenvalue weighted by Crippen LogP contribution is 2.37. The number of hydrogen-bond donors (Lipinski definition) is 0. The normalized spacial score (nSPS) is 18.7. The molecule has 6 aromatic carbocycles. The molecule has 1 aliphatic heterocycles. The second-order valence-electron chi connectivity index (χ2n) is 14.6. The molecule has 5 atom stereocenters. The number of benzene rings is 6. The van der Waals surface area contributed by atoms with Gasteiger partial charge in [0.05, 0.1) is 45.5 Å². The highest BCUT2D eigenvalue weighted by Gasteiger charge is 2.50. The summed E-state index contributed by atoms with van der Waals surface area (Å²) in [5.41, 5.74) is 4.45. The molecule has 1 saturated heterocycles. The third-order valence-corrected chi connectivity index (χ3v) is 10.3. The van der Waals surface area contributed by atoms with Gasteiger partial charge in [-0.15, -0.1) is 0 Å². The van der Waals surface area contributed by atoms with Crippen molar-refractivity contribution in [1.29, 1.82) is 0 Å². The van der Waals surface area contributed by atoms with Crippen LogP contribution >= 0.6 is 0 Å². The summed E-state index contributed by atoms with van der Waals surface area (Å²) >= 11 is 0. The first-order chi connectivity index (χ1) is 30.1. The second kappa shape index (κ2) is 20.8. The van der Waals surface area contributed by atoms with Gasteiger partial charge in [0.15, 0.2) is 5.75 Å². The van der Waals surface area contributed by atoms with Crippen LogP contribution in [0.1, 0.15) is 27.8 Å². The van der Waals surface area contributed by atoms with E-state index in [2.05, 4.69) is 0 Å². The molecule has 7 aromatic rings. The summed E-state index contributed by atoms with van der Waals surface area (Å²) in [6, 6.07) is 54.7. The minimum Gasteiger partial charge on any atom is -0.487 e. The molecule has 1 aliphatic rings. The van der Waals surface area contributed by atoms with Gasteiger partial charge < -0.3 is 42.3 Å². The summed E-state index contributed by atoms with van der Waals surface area (Å²) in [5, 5.41) is 0.534. The SMILES string of the molecule is COc1c(OCc2ccccc2)c2ccc(O[C@@H]3O[C@H](COCc4ccccc4)[C@@H](OCc4ccccc4)[C@H](OCc4ccccc4)[C@H]3OCc3ccccc3)cc2oc1=O. The standard InChI is InChI=1S/C51H48O10/c1-53-48-45(55-31-37-19-9-3-10-20-37)42-28-27-41(29-43(42)60-50(48)52)59-51-49(58-34-40-25-15-6-16-26-40)47(57-33-39-23-13-5-14-24-39)46(56-32-38-21-11-4-12-22-38)44(61-51)35-54-30-36-17-7-2-8-18-36/h2-29,44,46-47,49,51H,30-35H2,1H3/t44-,46-,47+,49-,51-/m1/s1. The predicted octanol–water partition coefficient (Wildman–Crippen LogP) is 9.46. The predicted molar refractivity (Wildman–Crippen MR) is 230 cm³/mol. The number of rotatable bonds is 19. The van der Waals surface area contributed by atoms with Gasteiger partial charge in [0.25, 0.3) is 0 Å². The zero-order valence-corrected chi connectivity index (χ0v) is 33.9. The van der Waals surface area contributed by atoms with E-state index in [4.69, 9.17) is 42.3 Å². The molecule has 0 saturated carbocycles. The van der Waals surface area contributed by atoms with Gasteiger partial charge in [-0.2, -0.15) is 0 Å². The van der Waals surface area contributed by atoms with Crippen molar-refractivity contribution >= 4 is 11.0 Å². The van der Waals surface area contributed by atoms with E-state index in [0.717, 1.165) is 27.8 Å². The fourth-order valence-electron chi connectivity index (χ4n) is 7.23. The monoisotopic (exact) mass is 820 g/mol. The molecule has 0 N–H and O–H groups in total. The Kier molecular flexibility index (Phi) is 14.1. The first kappa shape index (κ1) is 41.5. The fourth-order valence-corrected chi connectivity index (χ4v) is 7.23. The summed E-state index contributed by atoms with van der Waals surface area (Å²) in [4.78, 5) is 13.2. The van der Waals surface area contributed by atoms with E-state index < -0.39 is 36.3 Å². The molecule has 1 aromatic heterocycles. The third-order valence-electron chi connectivity index (χ3n) is 10.3. The summed E-state index contributed by atoms with van der Waals surface area (Å²) in [6.45, 7) is 1.57. The molecule has 0 amide bonds. The number of fused-ring (bicyclic) bond motifs is 1. The topological polar surface area (TPSA) is 104 Å². The van der Waals surface area contributed by atoms with E-state index in [1.54, 1.807) is 18.2 Å². The fraction of sp³-hybridized carbons (Fsp3) is 0.235. The molecule has 10 heteroatoms. The van der Waals surface area contributed by atoms with Crippen LogP contribution in [0.5, 0.6) is 17.2 Å². The molecule has 0 aliphatic carbocycles. The Hall–Kier alpha value is -6.27. The van der Waals surface area contributed by atoms with Crippen LogP contribution in [0, 0.1) is 0 Å². The number of hydrogen-bond acceptors (Lipinski definition) is 10. The van der Waals surface area contributed by atoms with E-state index in [1.165, 1.54) is 7.11 Å². The van der Waals surface area contributed by atoms with E-state index in [0.29, 0.717) is 24.3 Å². The molecule has 0 bridgehead atoms. The molecule has 0 radical (unpaired) electrons. The van der Waals surface area contributed by atoms with Gasteiger partial charge in [0.1, 0.15) is 42.4 Å². The summed E-state index contributed by atoms with van der Waals surface area (Å²) < 4.78 is 57.9. The Bertz CT molecular complexity index is 2450. The highest BCUT2D eigenvalue weighted by molar-refractivity contribution is 5.86. The largest absolute Gasteiger partial charge is 0.487 e. The molecule has 0 unspecified atom stereocenters. The van der Waals surface area contributed by atoms with Crippen LogP contribution < -0.4 is 19.8 Å². The minimum atomic E-state index is -1.03. The maximum Gasteiger partial charge on any atom is 0.383 e. The molecular formula is C51H48O10. The van der Waals surface area contributed by atoms with E-state index in [9.17, 15) is 4.79 Å². The van der Waals surface area contributed by atoms with Crippen molar-refractivity contribution in [2.45, 2.75) is 63.7 Å². The summed E-state index contributed by atoms with van der Waals surface area (Å²) in [5.74, 6) is 0.605. The first-order valence-electron chi connectivity index (χ1n) is 20.3. The van der Waals surface area contributed by atoms with Gasteiger partial charge in [0.2, 0.25) is 12.0 Å². The van der Waals surface area contributed by atoms with Gasteiger partial charge in [-0.1, -0.05) is 152 Å². The van der Waals surface area contributed by atoms with E-state index in [-0.39, 0.29) is 43.5 Å². The van der Waals surface area contributed by atoms with E-state index in [1.807, 2.05) is 152 Å². The molecule has 8 rings (SSSR count). The van der Waals surface area contributed by atoms with Crippen molar-refractivity contribution in [2.24, 2.45) is 0 Å². The number of methoxy groups -OCH3 is 1. The van der Waals surface area contributed by atoms with Gasteiger partial charge in [0, 0.05) is 6.07 Å². The van der Waals surface area contributed by atoms with E-state index >= 15 is 0 Å². The van der Waals surface area contributed by atoms with Crippen molar-refractivity contribution in [3.05, 3.63) is 208 Å². The molecule has 61 heavy (non-hydrogen) atoms. The Morgan fingerprint density at radius 2 is 0.984 bits per heavy atom. The summed E-state index contributed by atoms with van der Waals surface area (Å²) in [7, 11) is 1.41. The van der Waals surface area contributed by atoms with Gasteiger partial charge >= 0.3 is 5.63 Å². The van der Waals surface area contributed by atoms with Crippen LogP contribution in [-0.4, -0.2) is 44.4 Å². The number of ether oxygens (including phenoxy) is 8. The first-order valence-corrected chi connectivity index (χ1v) is 20.3. The minimum absolute atomic E-state index is 0.0274. The van der Waals surface area contributed by atoms with Crippen molar-refractivity contribution < 1.29 is 42.3 Å². The molecule has 312 valence electrons. The van der Waals surface area contributed by atoms with Crippen LogP contribution in [0.25, 0.3) is 11.0 Å². The average Bonchev–Trinajstić information content (AvgIpc) is 3.31. The van der Waals surface area contributed by atoms with Gasteiger partial charge in [-0.25, -0.2) is 4.79 Å². The van der Waals surface area contributed by atoms with Crippen LogP contribution in [-0.2, 0) is 56.7 Å². The molecular weight excluding hydrogens is 773 g/mol. The van der Waals surface area contributed by atoms with Crippen LogP contribution in [0.4, 0.5) is 0 Å². The maximum absolute atomic E-state index is 13.2. The molecule has 0 spiro atoms. The smallest absolute Gasteiger partial charge is 0.383 e. The third kappa shape index (κ3) is 10.9. The Morgan fingerprint density at radius 1 is 0.508 bits per heavy atom.